The van der Waals surface area contributed by atoms with Gasteiger partial charge in [0.2, 0.25) is 0 Å². The van der Waals surface area contributed by atoms with Gasteiger partial charge in [0.05, 0.1) is 0 Å². The number of piperidine rings is 1. The predicted molar refractivity (Wildman–Crippen MR) is 83.2 cm³/mol. The largest absolute Gasteiger partial charge is 0.312 e. The molecule has 19 heavy (non-hydrogen) atoms. The van der Waals surface area contributed by atoms with E-state index >= 15 is 0 Å². The lowest BCUT2D eigenvalue weighted by Crippen LogP contribution is -2.49. The molecule has 3 heteroatoms. The lowest BCUT2D eigenvalue weighted by molar-refractivity contribution is 0.112. The Morgan fingerprint density at radius 3 is 2.68 bits per heavy atom. The average Bonchev–Trinajstić information content (AvgIpc) is 2.96. The van der Waals surface area contributed by atoms with E-state index in [0.29, 0.717) is 0 Å². The summed E-state index contributed by atoms with van der Waals surface area (Å²) in [7, 11) is 0. The maximum atomic E-state index is 3.70. The van der Waals surface area contributed by atoms with Gasteiger partial charge in [0.1, 0.15) is 0 Å². The van der Waals surface area contributed by atoms with Gasteiger partial charge in [-0.25, -0.2) is 0 Å². The second-order valence-electron chi connectivity index (χ2n) is 5.86. The van der Waals surface area contributed by atoms with Crippen LogP contribution in [0.25, 0.3) is 0 Å². The fourth-order valence-corrected chi connectivity index (χ4v) is 3.80. The van der Waals surface area contributed by atoms with Crippen LogP contribution in [-0.4, -0.2) is 30.1 Å². The Morgan fingerprint density at radius 1 is 1.11 bits per heavy atom. The van der Waals surface area contributed by atoms with Crippen LogP contribution in [0.2, 0.25) is 0 Å². The Bertz CT molecular complexity index is 398. The molecular weight excluding hydrogens is 300 g/mol. The minimum Gasteiger partial charge on any atom is -0.312 e. The second-order valence-corrected chi connectivity index (χ2v) is 6.78. The quantitative estimate of drug-likeness (QED) is 0.915. The van der Waals surface area contributed by atoms with Gasteiger partial charge in [0.25, 0.3) is 0 Å². The fourth-order valence-electron chi connectivity index (χ4n) is 3.53. The van der Waals surface area contributed by atoms with Gasteiger partial charge in [0.15, 0.2) is 0 Å². The van der Waals surface area contributed by atoms with Crippen LogP contribution in [0.4, 0.5) is 0 Å². The lowest BCUT2D eigenvalue weighted by Gasteiger charge is -2.39. The van der Waals surface area contributed by atoms with Gasteiger partial charge in [-0.15, -0.1) is 0 Å². The Kier molecular flexibility index (Phi) is 4.57. The molecule has 104 valence electrons. The van der Waals surface area contributed by atoms with Crippen LogP contribution < -0.4 is 5.32 Å². The predicted octanol–water partition coefficient (Wildman–Crippen LogP) is 3.56. The van der Waals surface area contributed by atoms with Gasteiger partial charge < -0.3 is 5.32 Å². The highest BCUT2D eigenvalue weighted by Gasteiger charge is 2.31. The minimum absolute atomic E-state index is 0.732. The molecule has 2 unspecified atom stereocenters. The zero-order valence-corrected chi connectivity index (χ0v) is 13.0. The molecular formula is C16H23BrN2. The van der Waals surface area contributed by atoms with Crippen molar-refractivity contribution in [1.29, 1.82) is 0 Å². The Labute approximate surface area is 124 Å². The normalized spacial score (nSPS) is 28.7. The number of nitrogens with one attached hydrogen (secondary N) is 1. The first kappa shape index (κ1) is 13.6. The highest BCUT2D eigenvalue weighted by molar-refractivity contribution is 9.10. The van der Waals surface area contributed by atoms with E-state index in [-0.39, 0.29) is 0 Å². The number of rotatable bonds is 3. The number of hydrogen-bond acceptors (Lipinski definition) is 2. The smallest absolute Gasteiger partial charge is 0.0252 e. The third kappa shape index (κ3) is 3.39. The van der Waals surface area contributed by atoms with E-state index in [1.807, 2.05) is 0 Å². The van der Waals surface area contributed by atoms with E-state index in [1.54, 1.807) is 0 Å². The molecule has 0 aromatic heterocycles. The molecule has 0 saturated carbocycles. The second kappa shape index (κ2) is 6.38. The Hall–Kier alpha value is -0.380. The molecule has 2 aliphatic heterocycles. The summed E-state index contributed by atoms with van der Waals surface area (Å²) in [6, 6.07) is 10.3. The van der Waals surface area contributed by atoms with E-state index in [2.05, 4.69) is 50.4 Å². The van der Waals surface area contributed by atoms with Crippen LogP contribution in [-0.2, 0) is 6.54 Å². The molecule has 2 saturated heterocycles. The van der Waals surface area contributed by atoms with Crippen LogP contribution in [0.1, 0.15) is 37.7 Å². The number of nitrogens with zero attached hydrogens (tertiary/aromatic N) is 1. The van der Waals surface area contributed by atoms with Crippen LogP contribution >= 0.6 is 15.9 Å². The van der Waals surface area contributed by atoms with E-state index < -0.39 is 0 Å². The van der Waals surface area contributed by atoms with Crippen molar-refractivity contribution in [2.24, 2.45) is 0 Å². The maximum absolute atomic E-state index is 3.70. The highest BCUT2D eigenvalue weighted by Crippen LogP contribution is 2.26. The summed E-state index contributed by atoms with van der Waals surface area (Å²) in [5, 5.41) is 3.70. The van der Waals surface area contributed by atoms with Gasteiger partial charge in [-0.05, 0) is 56.5 Å². The maximum Gasteiger partial charge on any atom is 0.0252 e. The fraction of sp³-hybridized carbons (Fsp3) is 0.625. The first-order valence-corrected chi connectivity index (χ1v) is 8.34. The lowest BCUT2D eigenvalue weighted by atomic mass is 9.94. The van der Waals surface area contributed by atoms with Crippen molar-refractivity contribution in [3.05, 3.63) is 34.3 Å². The van der Waals surface area contributed by atoms with Crippen molar-refractivity contribution >= 4 is 15.9 Å². The summed E-state index contributed by atoms with van der Waals surface area (Å²) in [5.74, 6) is 0. The van der Waals surface area contributed by atoms with Crippen LogP contribution in [0, 0.1) is 0 Å². The molecule has 1 N–H and O–H groups in total. The van der Waals surface area contributed by atoms with Crippen molar-refractivity contribution in [2.45, 2.75) is 50.7 Å². The molecule has 2 nitrogen and oxygen atoms in total. The molecule has 2 atom stereocenters. The Balaban J connectivity index is 1.67. The van der Waals surface area contributed by atoms with Crippen molar-refractivity contribution in [1.82, 2.24) is 10.2 Å². The zero-order chi connectivity index (χ0) is 13.1. The number of benzene rings is 1. The molecule has 3 rings (SSSR count). The van der Waals surface area contributed by atoms with Gasteiger partial charge in [-0.2, -0.15) is 0 Å². The molecule has 0 spiro atoms. The van der Waals surface area contributed by atoms with Crippen molar-refractivity contribution in [3.63, 3.8) is 0 Å². The number of likely N-dealkylation sites (tertiary alicyclic amines) is 1. The average molecular weight is 323 g/mol. The van der Waals surface area contributed by atoms with Gasteiger partial charge in [0, 0.05) is 23.1 Å². The minimum atomic E-state index is 0.732. The summed E-state index contributed by atoms with van der Waals surface area (Å²) in [6.07, 6.45) is 6.85. The molecule has 2 fully saturated rings. The van der Waals surface area contributed by atoms with Crippen molar-refractivity contribution in [3.8, 4) is 0 Å². The standard InChI is InChI=1S/C16H23BrN2/c17-14-8-6-13(7-9-14)12-19-11-2-1-5-16(19)15-4-3-10-18-15/h6-9,15-16,18H,1-5,10-12H2. The Morgan fingerprint density at radius 2 is 1.95 bits per heavy atom. The number of halogens is 1. The molecule has 0 amide bonds. The zero-order valence-electron chi connectivity index (χ0n) is 11.4. The van der Waals surface area contributed by atoms with E-state index in [9.17, 15) is 0 Å². The first-order chi connectivity index (χ1) is 9.33. The first-order valence-electron chi connectivity index (χ1n) is 7.55. The summed E-state index contributed by atoms with van der Waals surface area (Å²) >= 11 is 3.51. The van der Waals surface area contributed by atoms with E-state index in [0.717, 1.165) is 18.6 Å². The molecule has 0 radical (unpaired) electrons. The van der Waals surface area contributed by atoms with Crippen molar-refractivity contribution < 1.29 is 0 Å². The van der Waals surface area contributed by atoms with Crippen molar-refractivity contribution in [2.75, 3.05) is 13.1 Å². The van der Waals surface area contributed by atoms with Gasteiger partial charge >= 0.3 is 0 Å². The summed E-state index contributed by atoms with van der Waals surface area (Å²) in [6.45, 7) is 3.59. The topological polar surface area (TPSA) is 15.3 Å². The highest BCUT2D eigenvalue weighted by atomic mass is 79.9. The van der Waals surface area contributed by atoms with E-state index in [4.69, 9.17) is 0 Å². The van der Waals surface area contributed by atoms with Crippen LogP contribution in [0.15, 0.2) is 28.7 Å². The van der Waals surface area contributed by atoms with Gasteiger partial charge in [-0.3, -0.25) is 4.90 Å². The molecule has 0 bridgehead atoms. The molecule has 0 aliphatic carbocycles. The SMILES string of the molecule is Brc1ccc(CN2CCCCC2C2CCCN2)cc1. The molecule has 2 heterocycles. The molecule has 1 aromatic carbocycles. The summed E-state index contributed by atoms with van der Waals surface area (Å²) in [4.78, 5) is 2.70. The molecule has 2 aliphatic rings. The third-order valence-corrected chi connectivity index (χ3v) is 5.05. The summed E-state index contributed by atoms with van der Waals surface area (Å²) < 4.78 is 1.17. The van der Waals surface area contributed by atoms with E-state index in [1.165, 1.54) is 55.2 Å². The van der Waals surface area contributed by atoms with Gasteiger partial charge in [-0.1, -0.05) is 34.5 Å². The summed E-state index contributed by atoms with van der Waals surface area (Å²) in [5.41, 5.74) is 1.44. The molecule has 1 aromatic rings. The monoisotopic (exact) mass is 322 g/mol. The number of hydrogen-bond donors (Lipinski definition) is 1. The van der Waals surface area contributed by atoms with Crippen LogP contribution in [0.5, 0.6) is 0 Å². The third-order valence-electron chi connectivity index (χ3n) is 4.53. The van der Waals surface area contributed by atoms with Crippen LogP contribution in [0.3, 0.4) is 0 Å².